The Morgan fingerprint density at radius 2 is 2.13 bits per heavy atom. The molecule has 1 aromatic rings. The molecule has 2 unspecified atom stereocenters. The Hall–Kier alpha value is -1.17. The van der Waals surface area contributed by atoms with Crippen molar-refractivity contribution in [2.75, 3.05) is 0 Å². The van der Waals surface area contributed by atoms with Crippen molar-refractivity contribution < 1.29 is 20.1 Å². The monoisotopic (exact) mass is 231 g/mol. The van der Waals surface area contributed by atoms with Gasteiger partial charge >= 0.3 is 5.97 Å². The normalized spacial score (nSPS) is 14.6. The predicted molar refractivity (Wildman–Crippen MR) is 52.5 cm³/mol. The van der Waals surface area contributed by atoms with Crippen molar-refractivity contribution in [2.24, 2.45) is 0 Å². The Morgan fingerprint density at radius 1 is 1.47 bits per heavy atom. The van der Waals surface area contributed by atoms with Gasteiger partial charge in [-0.2, -0.15) is 0 Å². The molecule has 15 heavy (non-hydrogen) atoms. The third-order valence-electron chi connectivity index (χ3n) is 1.82. The van der Waals surface area contributed by atoms with Crippen LogP contribution in [0.5, 0.6) is 0 Å². The molecule has 0 bridgehead atoms. The van der Waals surface area contributed by atoms with E-state index in [-0.39, 0.29) is 5.56 Å². The van der Waals surface area contributed by atoms with Gasteiger partial charge in [-0.15, -0.1) is 0 Å². The molecule has 6 heteroatoms. The number of aromatic nitrogens is 1. The number of pyridine rings is 1. The van der Waals surface area contributed by atoms with E-state index in [0.29, 0.717) is 5.02 Å². The van der Waals surface area contributed by atoms with E-state index in [2.05, 4.69) is 4.98 Å². The number of rotatable bonds is 4. The number of aliphatic hydroxyl groups excluding tert-OH is 2. The highest BCUT2D eigenvalue weighted by atomic mass is 35.5. The maximum atomic E-state index is 10.3. The van der Waals surface area contributed by atoms with Gasteiger partial charge in [-0.1, -0.05) is 11.6 Å². The standard InChI is InChI=1S/C9H10ClNO4/c10-6-1-5(3-11-4-6)9(15)7(12)2-8(13)14/h1,3-4,7,9,12,15H,2H2,(H,13,14). The van der Waals surface area contributed by atoms with E-state index in [9.17, 15) is 15.0 Å². The van der Waals surface area contributed by atoms with Crippen LogP contribution in [0.15, 0.2) is 18.5 Å². The first-order chi connectivity index (χ1) is 7.00. The third kappa shape index (κ3) is 3.47. The topological polar surface area (TPSA) is 90.7 Å². The van der Waals surface area contributed by atoms with Crippen LogP contribution in [0.1, 0.15) is 18.1 Å². The number of aliphatic carboxylic acids is 1. The highest BCUT2D eigenvalue weighted by Gasteiger charge is 2.21. The Bertz CT molecular complexity index is 358. The molecule has 0 aliphatic rings. The Morgan fingerprint density at radius 3 is 2.67 bits per heavy atom. The van der Waals surface area contributed by atoms with Crippen molar-refractivity contribution in [2.45, 2.75) is 18.6 Å². The van der Waals surface area contributed by atoms with Crippen LogP contribution in [0.4, 0.5) is 0 Å². The molecule has 0 spiro atoms. The SMILES string of the molecule is O=C(O)CC(O)C(O)c1cncc(Cl)c1. The zero-order valence-corrected chi connectivity index (χ0v) is 8.42. The summed E-state index contributed by atoms with van der Waals surface area (Å²) < 4.78 is 0. The molecule has 82 valence electrons. The van der Waals surface area contributed by atoms with E-state index >= 15 is 0 Å². The van der Waals surface area contributed by atoms with Crippen LogP contribution in [0.2, 0.25) is 5.02 Å². The van der Waals surface area contributed by atoms with Crippen LogP contribution in [0, 0.1) is 0 Å². The van der Waals surface area contributed by atoms with Crippen molar-refractivity contribution in [3.05, 3.63) is 29.0 Å². The summed E-state index contributed by atoms with van der Waals surface area (Å²) in [5.74, 6) is -1.18. The molecular formula is C9H10ClNO4. The predicted octanol–water partition coefficient (Wildman–Crippen LogP) is 0.604. The molecule has 0 radical (unpaired) electrons. The van der Waals surface area contributed by atoms with Gasteiger partial charge in [0.25, 0.3) is 0 Å². The molecular weight excluding hydrogens is 222 g/mol. The number of aliphatic hydroxyl groups is 2. The minimum Gasteiger partial charge on any atom is -0.481 e. The van der Waals surface area contributed by atoms with Crippen molar-refractivity contribution in [3.8, 4) is 0 Å². The first-order valence-electron chi connectivity index (χ1n) is 4.19. The van der Waals surface area contributed by atoms with E-state index in [1.54, 1.807) is 0 Å². The fraction of sp³-hybridized carbons (Fsp3) is 0.333. The molecule has 0 aromatic carbocycles. The lowest BCUT2D eigenvalue weighted by molar-refractivity contribution is -0.141. The molecule has 3 N–H and O–H groups in total. The summed E-state index contributed by atoms with van der Waals surface area (Å²) in [7, 11) is 0. The van der Waals surface area contributed by atoms with Crippen molar-refractivity contribution >= 4 is 17.6 Å². The number of carbonyl (C=O) groups is 1. The van der Waals surface area contributed by atoms with Crippen LogP contribution in [-0.4, -0.2) is 32.4 Å². The summed E-state index contributed by atoms with van der Waals surface area (Å²) in [5.41, 5.74) is 0.288. The van der Waals surface area contributed by atoms with Crippen LogP contribution in [0.3, 0.4) is 0 Å². The van der Waals surface area contributed by atoms with Gasteiger partial charge in [-0.05, 0) is 6.07 Å². The van der Waals surface area contributed by atoms with E-state index in [1.807, 2.05) is 0 Å². The quantitative estimate of drug-likeness (QED) is 0.706. The van der Waals surface area contributed by atoms with Gasteiger partial charge < -0.3 is 15.3 Å². The number of carboxylic acid groups (broad SMARTS) is 1. The number of hydrogen-bond acceptors (Lipinski definition) is 4. The zero-order valence-electron chi connectivity index (χ0n) is 7.67. The van der Waals surface area contributed by atoms with E-state index in [4.69, 9.17) is 16.7 Å². The van der Waals surface area contributed by atoms with Gasteiger partial charge in [0.15, 0.2) is 0 Å². The first-order valence-corrected chi connectivity index (χ1v) is 4.57. The van der Waals surface area contributed by atoms with Gasteiger partial charge in [0, 0.05) is 18.0 Å². The minimum atomic E-state index is -1.37. The average molecular weight is 232 g/mol. The lowest BCUT2D eigenvalue weighted by Gasteiger charge is -2.15. The van der Waals surface area contributed by atoms with Gasteiger partial charge in [0.2, 0.25) is 0 Å². The largest absolute Gasteiger partial charge is 0.481 e. The summed E-state index contributed by atoms with van der Waals surface area (Å²) in [6.45, 7) is 0. The summed E-state index contributed by atoms with van der Waals surface area (Å²) in [6, 6.07) is 1.42. The second-order valence-corrected chi connectivity index (χ2v) is 3.48. The van der Waals surface area contributed by atoms with Gasteiger partial charge in [-0.25, -0.2) is 0 Å². The van der Waals surface area contributed by atoms with Crippen LogP contribution >= 0.6 is 11.6 Å². The summed E-state index contributed by atoms with van der Waals surface area (Å²) in [6.07, 6.45) is -0.508. The lowest BCUT2D eigenvalue weighted by Crippen LogP contribution is -2.21. The smallest absolute Gasteiger partial charge is 0.306 e. The van der Waals surface area contributed by atoms with Gasteiger partial charge in [0.1, 0.15) is 6.10 Å². The molecule has 5 nitrogen and oxygen atoms in total. The van der Waals surface area contributed by atoms with Crippen molar-refractivity contribution in [1.82, 2.24) is 4.98 Å². The van der Waals surface area contributed by atoms with Gasteiger partial charge in [-0.3, -0.25) is 9.78 Å². The fourth-order valence-corrected chi connectivity index (χ4v) is 1.29. The average Bonchev–Trinajstić information content (AvgIpc) is 2.15. The molecule has 0 amide bonds. The highest BCUT2D eigenvalue weighted by Crippen LogP contribution is 2.20. The molecule has 1 aromatic heterocycles. The first kappa shape index (κ1) is 11.9. The number of carboxylic acids is 1. The molecule has 0 aliphatic heterocycles. The van der Waals surface area contributed by atoms with Crippen LogP contribution < -0.4 is 0 Å². The fourth-order valence-electron chi connectivity index (χ4n) is 1.10. The summed E-state index contributed by atoms with van der Waals surface area (Å²) >= 11 is 5.63. The highest BCUT2D eigenvalue weighted by molar-refractivity contribution is 6.30. The number of halogens is 1. The second-order valence-electron chi connectivity index (χ2n) is 3.05. The third-order valence-corrected chi connectivity index (χ3v) is 2.02. The Labute approximate surface area is 91.0 Å². The van der Waals surface area contributed by atoms with Crippen molar-refractivity contribution in [3.63, 3.8) is 0 Å². The number of nitrogens with zero attached hydrogens (tertiary/aromatic N) is 1. The molecule has 1 heterocycles. The molecule has 0 saturated carbocycles. The number of hydrogen-bond donors (Lipinski definition) is 3. The minimum absolute atomic E-state index is 0.288. The van der Waals surface area contributed by atoms with E-state index in [0.717, 1.165) is 0 Å². The molecule has 0 aliphatic carbocycles. The van der Waals surface area contributed by atoms with Gasteiger partial charge in [0.05, 0.1) is 17.5 Å². The van der Waals surface area contributed by atoms with Crippen LogP contribution in [0.25, 0.3) is 0 Å². The summed E-state index contributed by atoms with van der Waals surface area (Å²) in [4.78, 5) is 14.0. The zero-order chi connectivity index (χ0) is 11.4. The van der Waals surface area contributed by atoms with Crippen molar-refractivity contribution in [1.29, 1.82) is 0 Å². The second kappa shape index (κ2) is 5.06. The lowest BCUT2D eigenvalue weighted by atomic mass is 10.0. The van der Waals surface area contributed by atoms with Crippen LogP contribution in [-0.2, 0) is 4.79 Å². The van der Waals surface area contributed by atoms with E-state index < -0.39 is 24.6 Å². The molecule has 0 saturated heterocycles. The Balaban J connectivity index is 2.75. The molecule has 2 atom stereocenters. The summed E-state index contributed by atoms with van der Waals surface area (Å²) in [5, 5.41) is 27.6. The molecule has 0 fully saturated rings. The maximum absolute atomic E-state index is 10.3. The molecule has 1 rings (SSSR count). The maximum Gasteiger partial charge on any atom is 0.306 e. The Kier molecular flexibility index (Phi) is 4.02. The van der Waals surface area contributed by atoms with E-state index in [1.165, 1.54) is 18.5 Å².